The van der Waals surface area contributed by atoms with Crippen molar-refractivity contribution in [2.75, 3.05) is 0 Å². The molecule has 6 heteroatoms. The van der Waals surface area contributed by atoms with Crippen molar-refractivity contribution in [1.29, 1.82) is 0 Å². The third-order valence-electron chi connectivity index (χ3n) is 2.20. The number of pyridine rings is 1. The molecule has 0 aliphatic rings. The second-order valence-corrected chi connectivity index (χ2v) is 4.24. The number of nitrogens with zero attached hydrogens (tertiary/aromatic N) is 3. The molecular formula is C11H7N3O2S. The molecule has 84 valence electrons. The molecule has 0 aliphatic heterocycles. The van der Waals surface area contributed by atoms with E-state index < -0.39 is 0 Å². The highest BCUT2D eigenvalue weighted by Crippen LogP contribution is 2.29. The van der Waals surface area contributed by atoms with E-state index in [1.807, 2.05) is 17.5 Å². The van der Waals surface area contributed by atoms with Crippen LogP contribution < -0.4 is 0 Å². The first-order valence-corrected chi connectivity index (χ1v) is 5.73. The minimum absolute atomic E-state index is 0.0221. The first-order chi connectivity index (χ1) is 8.34. The highest BCUT2D eigenvalue weighted by molar-refractivity contribution is 7.13. The SMILES string of the molecule is Oc1cnccc1-c1nc(-c2cccs2)no1. The Labute approximate surface area is 100 Å². The van der Waals surface area contributed by atoms with E-state index in [1.54, 1.807) is 12.3 Å². The van der Waals surface area contributed by atoms with Gasteiger partial charge < -0.3 is 9.63 Å². The van der Waals surface area contributed by atoms with Crippen molar-refractivity contribution in [2.24, 2.45) is 0 Å². The Hall–Kier alpha value is -2.21. The molecule has 0 aliphatic carbocycles. The maximum Gasteiger partial charge on any atom is 0.262 e. The highest BCUT2D eigenvalue weighted by Gasteiger charge is 2.13. The average Bonchev–Trinajstić information content (AvgIpc) is 3.00. The molecule has 0 amide bonds. The quantitative estimate of drug-likeness (QED) is 0.751. The van der Waals surface area contributed by atoms with Crippen LogP contribution in [-0.4, -0.2) is 20.2 Å². The van der Waals surface area contributed by atoms with E-state index in [9.17, 15) is 5.11 Å². The zero-order valence-corrected chi connectivity index (χ0v) is 9.39. The molecular weight excluding hydrogens is 238 g/mol. The molecule has 3 aromatic heterocycles. The fourth-order valence-corrected chi connectivity index (χ4v) is 2.05. The second-order valence-electron chi connectivity index (χ2n) is 3.29. The normalized spacial score (nSPS) is 10.6. The summed E-state index contributed by atoms with van der Waals surface area (Å²) in [5.41, 5.74) is 0.482. The Bertz CT molecular complexity index is 634. The van der Waals surface area contributed by atoms with Gasteiger partial charge in [0.1, 0.15) is 5.75 Å². The van der Waals surface area contributed by atoms with Gasteiger partial charge in [0.2, 0.25) is 5.82 Å². The van der Waals surface area contributed by atoms with E-state index in [0.717, 1.165) is 4.88 Å². The van der Waals surface area contributed by atoms with Crippen LogP contribution in [0.25, 0.3) is 22.2 Å². The summed E-state index contributed by atoms with van der Waals surface area (Å²) in [5, 5.41) is 15.4. The molecule has 3 aromatic rings. The standard InChI is InChI=1S/C11H7N3O2S/c15-8-6-12-4-3-7(8)11-13-10(14-16-11)9-2-1-5-17-9/h1-6,15H. The average molecular weight is 245 g/mol. The molecule has 0 unspecified atom stereocenters. The Kier molecular flexibility index (Phi) is 2.34. The van der Waals surface area contributed by atoms with Gasteiger partial charge in [-0.2, -0.15) is 4.98 Å². The summed E-state index contributed by atoms with van der Waals surface area (Å²) >= 11 is 1.53. The van der Waals surface area contributed by atoms with Crippen molar-refractivity contribution in [3.63, 3.8) is 0 Å². The Balaban J connectivity index is 2.04. The van der Waals surface area contributed by atoms with Gasteiger partial charge in [-0.1, -0.05) is 11.2 Å². The van der Waals surface area contributed by atoms with E-state index in [4.69, 9.17) is 4.52 Å². The van der Waals surface area contributed by atoms with Gasteiger partial charge in [-0.15, -0.1) is 11.3 Å². The zero-order valence-electron chi connectivity index (χ0n) is 8.57. The molecule has 0 spiro atoms. The van der Waals surface area contributed by atoms with Crippen LogP contribution in [0.15, 0.2) is 40.5 Å². The van der Waals surface area contributed by atoms with Crippen LogP contribution in [0.5, 0.6) is 5.75 Å². The molecule has 0 aromatic carbocycles. The number of hydrogen-bond acceptors (Lipinski definition) is 6. The summed E-state index contributed by atoms with van der Waals surface area (Å²) in [5.74, 6) is 0.827. The van der Waals surface area contributed by atoms with Crippen LogP contribution in [0, 0.1) is 0 Å². The fourth-order valence-electron chi connectivity index (χ4n) is 1.41. The summed E-state index contributed by atoms with van der Waals surface area (Å²) in [6.07, 6.45) is 2.90. The first kappa shape index (κ1) is 9.98. The maximum atomic E-state index is 9.62. The van der Waals surface area contributed by atoms with E-state index >= 15 is 0 Å². The molecule has 3 heterocycles. The van der Waals surface area contributed by atoms with Crippen LogP contribution in [0.3, 0.4) is 0 Å². The van der Waals surface area contributed by atoms with Gasteiger partial charge >= 0.3 is 0 Å². The lowest BCUT2D eigenvalue weighted by atomic mass is 10.2. The molecule has 3 rings (SSSR count). The molecule has 0 fully saturated rings. The second kappa shape index (κ2) is 3.99. The maximum absolute atomic E-state index is 9.62. The predicted octanol–water partition coefficient (Wildman–Crippen LogP) is 2.57. The molecule has 0 saturated carbocycles. The van der Waals surface area contributed by atoms with E-state index in [1.165, 1.54) is 17.5 Å². The number of rotatable bonds is 2. The summed E-state index contributed by atoms with van der Waals surface area (Å²) < 4.78 is 5.11. The highest BCUT2D eigenvalue weighted by atomic mass is 32.1. The number of thiophene rings is 1. The molecule has 5 nitrogen and oxygen atoms in total. The smallest absolute Gasteiger partial charge is 0.262 e. The molecule has 0 saturated heterocycles. The summed E-state index contributed by atoms with van der Waals surface area (Å²) in [4.78, 5) is 8.94. The van der Waals surface area contributed by atoms with Gasteiger partial charge in [-0.3, -0.25) is 4.98 Å². The zero-order chi connectivity index (χ0) is 11.7. The van der Waals surface area contributed by atoms with Gasteiger partial charge in [0, 0.05) is 6.20 Å². The molecule has 0 atom stereocenters. The van der Waals surface area contributed by atoms with Crippen LogP contribution in [0.1, 0.15) is 0 Å². The largest absolute Gasteiger partial charge is 0.505 e. The topological polar surface area (TPSA) is 72.0 Å². The summed E-state index contributed by atoms with van der Waals surface area (Å²) in [7, 11) is 0. The van der Waals surface area contributed by atoms with E-state index in [2.05, 4.69) is 15.1 Å². The minimum Gasteiger partial charge on any atom is -0.505 e. The van der Waals surface area contributed by atoms with Gasteiger partial charge in [0.15, 0.2) is 0 Å². The molecule has 1 N–H and O–H groups in total. The van der Waals surface area contributed by atoms with E-state index in [0.29, 0.717) is 11.4 Å². The Morgan fingerprint density at radius 3 is 3.00 bits per heavy atom. The van der Waals surface area contributed by atoms with Crippen LogP contribution >= 0.6 is 11.3 Å². The number of aromatic hydroxyl groups is 1. The molecule has 0 bridgehead atoms. The third kappa shape index (κ3) is 1.78. The number of hydrogen-bond donors (Lipinski definition) is 1. The van der Waals surface area contributed by atoms with Crippen molar-refractivity contribution >= 4 is 11.3 Å². The van der Waals surface area contributed by atoms with Crippen LogP contribution in [0.2, 0.25) is 0 Å². The lowest BCUT2D eigenvalue weighted by molar-refractivity contribution is 0.425. The van der Waals surface area contributed by atoms with Crippen molar-refractivity contribution in [3.05, 3.63) is 36.0 Å². The van der Waals surface area contributed by atoms with Gasteiger partial charge in [0.05, 0.1) is 16.6 Å². The molecule has 17 heavy (non-hydrogen) atoms. The van der Waals surface area contributed by atoms with Crippen LogP contribution in [0.4, 0.5) is 0 Å². The molecule has 0 radical (unpaired) electrons. The van der Waals surface area contributed by atoms with Gasteiger partial charge in [0.25, 0.3) is 5.89 Å². The first-order valence-electron chi connectivity index (χ1n) is 4.85. The van der Waals surface area contributed by atoms with Crippen molar-refractivity contribution in [2.45, 2.75) is 0 Å². The van der Waals surface area contributed by atoms with Crippen molar-refractivity contribution in [3.8, 4) is 27.9 Å². The van der Waals surface area contributed by atoms with Gasteiger partial charge in [-0.25, -0.2) is 0 Å². The lowest BCUT2D eigenvalue weighted by Crippen LogP contribution is -1.80. The van der Waals surface area contributed by atoms with Gasteiger partial charge in [-0.05, 0) is 17.5 Å². The third-order valence-corrected chi connectivity index (χ3v) is 3.06. The monoisotopic (exact) mass is 245 g/mol. The minimum atomic E-state index is 0.0221. The lowest BCUT2D eigenvalue weighted by Gasteiger charge is -1.95. The number of aromatic nitrogens is 3. The van der Waals surface area contributed by atoms with Crippen molar-refractivity contribution in [1.82, 2.24) is 15.1 Å². The Morgan fingerprint density at radius 2 is 2.24 bits per heavy atom. The summed E-state index contributed by atoms with van der Waals surface area (Å²) in [6.45, 7) is 0. The van der Waals surface area contributed by atoms with E-state index in [-0.39, 0.29) is 11.6 Å². The fraction of sp³-hybridized carbons (Fsp3) is 0. The summed E-state index contributed by atoms with van der Waals surface area (Å²) in [6, 6.07) is 5.45. The predicted molar refractivity (Wildman–Crippen MR) is 62.5 cm³/mol. The van der Waals surface area contributed by atoms with Crippen LogP contribution in [-0.2, 0) is 0 Å². The Morgan fingerprint density at radius 1 is 1.29 bits per heavy atom. The van der Waals surface area contributed by atoms with Crippen molar-refractivity contribution < 1.29 is 9.63 Å².